The number of aryl methyl sites for hydroxylation is 1. The number of anilines is 2. The lowest BCUT2D eigenvalue weighted by molar-refractivity contribution is 0.0137. The molecule has 1 aliphatic heterocycles. The largest absolute Gasteiger partial charge is 0.492 e. The van der Waals surface area contributed by atoms with Gasteiger partial charge >= 0.3 is 6.09 Å². The van der Waals surface area contributed by atoms with Gasteiger partial charge in [-0.25, -0.2) is 14.2 Å². The van der Waals surface area contributed by atoms with Crippen molar-refractivity contribution in [1.29, 1.82) is 0 Å². The van der Waals surface area contributed by atoms with E-state index < -0.39 is 11.4 Å². The smallest absolute Gasteiger partial charge is 0.410 e. The molecule has 10 nitrogen and oxygen atoms in total. The Labute approximate surface area is 238 Å². The first kappa shape index (κ1) is 28.2. The van der Waals surface area contributed by atoms with Gasteiger partial charge in [-0.15, -0.1) is 0 Å². The Bertz CT molecular complexity index is 1510. The summed E-state index contributed by atoms with van der Waals surface area (Å²) in [5.41, 5.74) is 1.82. The van der Waals surface area contributed by atoms with Crippen LogP contribution in [0.1, 0.15) is 26.5 Å². The Kier molecular flexibility index (Phi) is 8.25. The van der Waals surface area contributed by atoms with Crippen molar-refractivity contribution >= 4 is 28.6 Å². The van der Waals surface area contributed by atoms with Crippen LogP contribution in [0.2, 0.25) is 0 Å². The van der Waals surface area contributed by atoms with Gasteiger partial charge in [0.05, 0.1) is 0 Å². The Morgan fingerprint density at radius 1 is 1.10 bits per heavy atom. The number of halogens is 1. The first-order valence-electron chi connectivity index (χ1n) is 13.6. The summed E-state index contributed by atoms with van der Waals surface area (Å²) in [4.78, 5) is 28.0. The van der Waals surface area contributed by atoms with Gasteiger partial charge in [0.25, 0.3) is 0 Å². The summed E-state index contributed by atoms with van der Waals surface area (Å²) in [5.74, 6) is 0.859. The third-order valence-corrected chi connectivity index (χ3v) is 6.47. The van der Waals surface area contributed by atoms with Gasteiger partial charge in [0.15, 0.2) is 11.6 Å². The van der Waals surface area contributed by atoms with E-state index in [9.17, 15) is 9.18 Å². The summed E-state index contributed by atoms with van der Waals surface area (Å²) in [7, 11) is 0. The van der Waals surface area contributed by atoms with E-state index in [2.05, 4.69) is 25.2 Å². The minimum Gasteiger partial charge on any atom is -0.492 e. The molecule has 4 aromatic rings. The lowest BCUT2D eigenvalue weighted by Gasteiger charge is -2.35. The average Bonchev–Trinajstić information content (AvgIpc) is 3.31. The van der Waals surface area contributed by atoms with Crippen molar-refractivity contribution in [3.63, 3.8) is 0 Å². The summed E-state index contributed by atoms with van der Waals surface area (Å²) < 4.78 is 32.1. The third kappa shape index (κ3) is 7.43. The van der Waals surface area contributed by atoms with Gasteiger partial charge in [0, 0.05) is 73.3 Å². The van der Waals surface area contributed by atoms with Crippen molar-refractivity contribution in [2.45, 2.75) is 33.3 Å². The Morgan fingerprint density at radius 3 is 2.68 bits per heavy atom. The fourth-order valence-electron chi connectivity index (χ4n) is 4.50. The maximum absolute atomic E-state index is 14.9. The molecule has 0 saturated carbocycles. The fourth-order valence-corrected chi connectivity index (χ4v) is 4.50. The van der Waals surface area contributed by atoms with Crippen LogP contribution >= 0.6 is 0 Å². The number of amides is 1. The number of carbonyl (C=O) groups is 1. The Morgan fingerprint density at radius 2 is 1.90 bits per heavy atom. The molecular weight excluding hydrogens is 527 g/mol. The molecule has 1 amide bonds. The van der Waals surface area contributed by atoms with Crippen LogP contribution in [0.3, 0.4) is 0 Å². The summed E-state index contributed by atoms with van der Waals surface area (Å²) in [5, 5.41) is 3.61. The lowest BCUT2D eigenvalue weighted by atomic mass is 10.2. The number of carbonyl (C=O) groups excluding carboxylic acids is 1. The van der Waals surface area contributed by atoms with Crippen LogP contribution in [-0.2, 0) is 4.74 Å². The van der Waals surface area contributed by atoms with Gasteiger partial charge in [0.1, 0.15) is 18.0 Å². The van der Waals surface area contributed by atoms with Crippen molar-refractivity contribution in [1.82, 2.24) is 24.8 Å². The number of hydrogen-bond donors (Lipinski definition) is 2. The van der Waals surface area contributed by atoms with Gasteiger partial charge in [-0.2, -0.15) is 4.98 Å². The second-order valence-corrected chi connectivity index (χ2v) is 10.9. The Hall–Kier alpha value is -4.38. The number of nitrogens with one attached hydrogen (secondary N) is 2. The molecule has 1 saturated heterocycles. The van der Waals surface area contributed by atoms with Crippen LogP contribution in [0.15, 0.2) is 54.7 Å². The number of hydrogen-bond acceptors (Lipinski definition) is 8. The second-order valence-electron chi connectivity index (χ2n) is 10.9. The maximum atomic E-state index is 14.9. The highest BCUT2D eigenvalue weighted by molar-refractivity contribution is 5.82. The molecule has 11 heteroatoms. The van der Waals surface area contributed by atoms with Crippen LogP contribution in [0.4, 0.5) is 20.8 Å². The van der Waals surface area contributed by atoms with E-state index >= 15 is 0 Å². The number of rotatable bonds is 8. The molecule has 1 aliphatic rings. The van der Waals surface area contributed by atoms with E-state index in [0.29, 0.717) is 42.3 Å². The van der Waals surface area contributed by atoms with Crippen molar-refractivity contribution in [3.8, 4) is 17.4 Å². The predicted molar refractivity (Wildman–Crippen MR) is 155 cm³/mol. The molecule has 5 rings (SSSR count). The van der Waals surface area contributed by atoms with Crippen molar-refractivity contribution in [2.75, 3.05) is 44.6 Å². The third-order valence-electron chi connectivity index (χ3n) is 6.47. The van der Waals surface area contributed by atoms with Crippen molar-refractivity contribution < 1.29 is 23.4 Å². The number of piperazine rings is 1. The highest BCUT2D eigenvalue weighted by Gasteiger charge is 2.25. The number of benzene rings is 2. The highest BCUT2D eigenvalue weighted by Crippen LogP contribution is 2.30. The van der Waals surface area contributed by atoms with Crippen molar-refractivity contribution in [2.24, 2.45) is 0 Å². The molecule has 0 radical (unpaired) electrons. The van der Waals surface area contributed by atoms with Gasteiger partial charge in [-0.3, -0.25) is 4.90 Å². The molecule has 41 heavy (non-hydrogen) atoms. The summed E-state index contributed by atoms with van der Waals surface area (Å²) in [6.45, 7) is 11.5. The van der Waals surface area contributed by atoms with E-state index in [4.69, 9.17) is 14.2 Å². The maximum Gasteiger partial charge on any atom is 0.410 e. The number of H-pyrrole nitrogens is 1. The van der Waals surface area contributed by atoms with Crippen molar-refractivity contribution in [3.05, 3.63) is 66.2 Å². The normalized spacial score (nSPS) is 14.2. The SMILES string of the molecule is Cc1cc2c(F)c(Oc3ccnc(Nc4cccc(OCCN5CCN(C(=O)OC(C)(C)C)CC5)c4)n3)ccc2[nH]1. The summed E-state index contributed by atoms with van der Waals surface area (Å²) >= 11 is 0. The monoisotopic (exact) mass is 562 g/mol. The molecular formula is C30H35FN6O4. The number of aromatic amines is 1. The lowest BCUT2D eigenvalue weighted by Crippen LogP contribution is -2.50. The van der Waals surface area contributed by atoms with E-state index in [1.165, 1.54) is 0 Å². The van der Waals surface area contributed by atoms with Gasteiger partial charge in [-0.05, 0) is 58.0 Å². The molecule has 0 atom stereocenters. The summed E-state index contributed by atoms with van der Waals surface area (Å²) in [6, 6.07) is 14.2. The molecule has 3 heterocycles. The molecule has 2 aromatic heterocycles. The van der Waals surface area contributed by atoms with Crippen LogP contribution in [0.25, 0.3) is 10.9 Å². The zero-order chi connectivity index (χ0) is 29.0. The second kappa shape index (κ2) is 12.0. The first-order valence-corrected chi connectivity index (χ1v) is 13.6. The van der Waals surface area contributed by atoms with Gasteiger partial charge in [0.2, 0.25) is 11.8 Å². The van der Waals surface area contributed by atoms with E-state index in [1.807, 2.05) is 52.0 Å². The molecule has 0 unspecified atom stereocenters. The number of aromatic nitrogens is 3. The van der Waals surface area contributed by atoms with Crippen LogP contribution in [0, 0.1) is 12.7 Å². The van der Waals surface area contributed by atoms with Crippen LogP contribution in [0.5, 0.6) is 17.4 Å². The highest BCUT2D eigenvalue weighted by atomic mass is 19.1. The summed E-state index contributed by atoms with van der Waals surface area (Å²) in [6.07, 6.45) is 1.28. The quantitative estimate of drug-likeness (QED) is 0.275. The van der Waals surface area contributed by atoms with E-state index in [-0.39, 0.29) is 17.7 Å². The standard InChI is InChI=1S/C30H35FN6O4/c1-20-18-23-24(33-20)8-9-25(27(23)31)40-26-10-11-32-28(35-26)34-21-6-5-7-22(19-21)39-17-16-36-12-14-37(15-13-36)29(38)41-30(2,3)4/h5-11,18-19,33H,12-17H2,1-4H3,(H,32,34,35). The molecule has 2 aromatic carbocycles. The minimum atomic E-state index is -0.495. The fraction of sp³-hybridized carbons (Fsp3) is 0.367. The number of nitrogens with zero attached hydrogens (tertiary/aromatic N) is 4. The molecule has 0 bridgehead atoms. The average molecular weight is 563 g/mol. The van der Waals surface area contributed by atoms with E-state index in [0.717, 1.165) is 31.0 Å². The molecule has 0 spiro atoms. The van der Waals surface area contributed by atoms with Gasteiger partial charge in [-0.1, -0.05) is 6.07 Å². The number of ether oxygens (including phenoxy) is 3. The molecule has 216 valence electrons. The number of fused-ring (bicyclic) bond motifs is 1. The zero-order valence-electron chi connectivity index (χ0n) is 23.7. The first-order chi connectivity index (χ1) is 19.6. The van der Waals surface area contributed by atoms with Crippen LogP contribution < -0.4 is 14.8 Å². The molecule has 2 N–H and O–H groups in total. The molecule has 0 aliphatic carbocycles. The Balaban J connectivity index is 1.12. The predicted octanol–water partition coefficient (Wildman–Crippen LogP) is 5.87. The minimum absolute atomic E-state index is 0.0859. The van der Waals surface area contributed by atoms with Crippen LogP contribution in [-0.4, -0.2) is 75.8 Å². The topological polar surface area (TPSA) is 105 Å². The van der Waals surface area contributed by atoms with Gasteiger partial charge < -0.3 is 29.4 Å². The van der Waals surface area contributed by atoms with E-state index in [1.54, 1.807) is 35.4 Å². The molecule has 1 fully saturated rings. The zero-order valence-corrected chi connectivity index (χ0v) is 23.7.